The average Bonchev–Trinajstić information content (AvgIpc) is 2.79. The normalized spacial score (nSPS) is 14.0. The van der Waals surface area contributed by atoms with Crippen molar-refractivity contribution in [1.82, 2.24) is 5.32 Å². The van der Waals surface area contributed by atoms with E-state index in [0.29, 0.717) is 6.42 Å². The topological polar surface area (TPSA) is 69.6 Å². The second kappa shape index (κ2) is 24.3. The maximum atomic E-state index is 12.1. The molecule has 0 fully saturated rings. The molecule has 0 rings (SSSR count). The van der Waals surface area contributed by atoms with Gasteiger partial charge in [-0.25, -0.2) is 0 Å². The SMILES string of the molecule is CCCC/C=C/CC/C=C/C(O)C(CO)NC(=O)CCCCCCC/C=C\CCCCC. The van der Waals surface area contributed by atoms with E-state index in [9.17, 15) is 15.0 Å². The third kappa shape index (κ3) is 20.5. The van der Waals surface area contributed by atoms with Gasteiger partial charge in [0.05, 0.1) is 18.8 Å². The predicted molar refractivity (Wildman–Crippen MR) is 138 cm³/mol. The summed E-state index contributed by atoms with van der Waals surface area (Å²) in [6.07, 6.45) is 29.3. The van der Waals surface area contributed by atoms with Crippen molar-refractivity contribution in [1.29, 1.82) is 0 Å². The fourth-order valence-corrected chi connectivity index (χ4v) is 3.46. The smallest absolute Gasteiger partial charge is 0.220 e. The molecular formula is C28H51NO3. The Labute approximate surface area is 198 Å². The van der Waals surface area contributed by atoms with E-state index in [2.05, 4.69) is 43.5 Å². The van der Waals surface area contributed by atoms with Crippen LogP contribution in [0.25, 0.3) is 0 Å². The zero-order chi connectivity index (χ0) is 23.7. The molecule has 0 saturated heterocycles. The maximum absolute atomic E-state index is 12.1. The van der Waals surface area contributed by atoms with Gasteiger partial charge in [-0.05, 0) is 51.4 Å². The van der Waals surface area contributed by atoms with Crippen molar-refractivity contribution in [2.75, 3.05) is 6.61 Å². The van der Waals surface area contributed by atoms with E-state index in [0.717, 1.165) is 44.9 Å². The van der Waals surface area contributed by atoms with E-state index in [1.807, 2.05) is 6.08 Å². The van der Waals surface area contributed by atoms with Crippen molar-refractivity contribution >= 4 is 5.91 Å². The largest absolute Gasteiger partial charge is 0.394 e. The summed E-state index contributed by atoms with van der Waals surface area (Å²) >= 11 is 0. The molecule has 0 aliphatic rings. The standard InChI is InChI=1S/C28H51NO3/c1-3-5-7-9-11-13-14-15-16-18-20-22-24-28(32)29-26(25-30)27(31)23-21-19-17-12-10-8-6-4-2/h10-13,21,23,26-27,30-31H,3-9,14-20,22,24-25H2,1-2H3,(H,29,32)/b12-10+,13-11-,23-21+. The molecule has 3 N–H and O–H groups in total. The molecule has 0 saturated carbocycles. The summed E-state index contributed by atoms with van der Waals surface area (Å²) in [5.74, 6) is -0.0922. The van der Waals surface area contributed by atoms with Crippen LogP contribution in [0.4, 0.5) is 0 Å². The quantitative estimate of drug-likeness (QED) is 0.126. The van der Waals surface area contributed by atoms with Crippen LogP contribution in [0.15, 0.2) is 36.5 Å². The minimum absolute atomic E-state index is 0.0922. The number of hydrogen-bond acceptors (Lipinski definition) is 3. The number of carbonyl (C=O) groups is 1. The van der Waals surface area contributed by atoms with Crippen molar-refractivity contribution < 1.29 is 15.0 Å². The molecule has 186 valence electrons. The van der Waals surface area contributed by atoms with Crippen molar-refractivity contribution in [3.05, 3.63) is 36.5 Å². The van der Waals surface area contributed by atoms with Gasteiger partial charge in [-0.2, -0.15) is 0 Å². The van der Waals surface area contributed by atoms with Crippen LogP contribution in [0.2, 0.25) is 0 Å². The highest BCUT2D eigenvalue weighted by atomic mass is 16.3. The van der Waals surface area contributed by atoms with Gasteiger partial charge in [0, 0.05) is 6.42 Å². The Bertz CT molecular complexity index is 499. The first-order valence-corrected chi connectivity index (χ1v) is 13.2. The van der Waals surface area contributed by atoms with Crippen LogP contribution < -0.4 is 5.32 Å². The van der Waals surface area contributed by atoms with Crippen LogP contribution in [-0.2, 0) is 4.79 Å². The average molecular weight is 450 g/mol. The van der Waals surface area contributed by atoms with E-state index in [-0.39, 0.29) is 12.5 Å². The van der Waals surface area contributed by atoms with Crippen molar-refractivity contribution in [2.24, 2.45) is 0 Å². The van der Waals surface area contributed by atoms with Crippen molar-refractivity contribution in [3.8, 4) is 0 Å². The number of aliphatic hydroxyl groups is 2. The molecule has 2 unspecified atom stereocenters. The lowest BCUT2D eigenvalue weighted by atomic mass is 10.1. The summed E-state index contributed by atoms with van der Waals surface area (Å²) in [7, 11) is 0. The van der Waals surface area contributed by atoms with Crippen molar-refractivity contribution in [3.63, 3.8) is 0 Å². The second-order valence-electron chi connectivity index (χ2n) is 8.74. The molecule has 32 heavy (non-hydrogen) atoms. The lowest BCUT2D eigenvalue weighted by Crippen LogP contribution is -2.45. The fourth-order valence-electron chi connectivity index (χ4n) is 3.46. The Kier molecular flexibility index (Phi) is 23.2. The number of carbonyl (C=O) groups excluding carboxylic acids is 1. The summed E-state index contributed by atoms with van der Waals surface area (Å²) in [6.45, 7) is 4.15. The van der Waals surface area contributed by atoms with E-state index in [1.54, 1.807) is 6.08 Å². The van der Waals surface area contributed by atoms with E-state index >= 15 is 0 Å². The van der Waals surface area contributed by atoms with Crippen molar-refractivity contribution in [2.45, 2.75) is 129 Å². The lowest BCUT2D eigenvalue weighted by molar-refractivity contribution is -0.123. The minimum atomic E-state index is -0.858. The zero-order valence-electron chi connectivity index (χ0n) is 20.9. The summed E-state index contributed by atoms with van der Waals surface area (Å²) in [4.78, 5) is 12.1. The van der Waals surface area contributed by atoms with Gasteiger partial charge in [-0.3, -0.25) is 4.79 Å². The first-order chi connectivity index (χ1) is 15.7. The molecule has 0 bridgehead atoms. The van der Waals surface area contributed by atoms with Gasteiger partial charge >= 0.3 is 0 Å². The van der Waals surface area contributed by atoms with Gasteiger partial charge < -0.3 is 15.5 Å². The summed E-state index contributed by atoms with van der Waals surface area (Å²) in [6, 6.07) is -0.636. The Morgan fingerprint density at radius 1 is 0.719 bits per heavy atom. The molecule has 1 amide bonds. The fraction of sp³-hybridized carbons (Fsp3) is 0.750. The Morgan fingerprint density at radius 2 is 1.25 bits per heavy atom. The number of hydrogen-bond donors (Lipinski definition) is 3. The van der Waals surface area contributed by atoms with Crippen LogP contribution in [-0.4, -0.2) is 34.9 Å². The molecule has 0 aliphatic heterocycles. The number of allylic oxidation sites excluding steroid dienone is 5. The zero-order valence-corrected chi connectivity index (χ0v) is 20.9. The molecule has 4 heteroatoms. The molecule has 0 aromatic carbocycles. The molecule has 0 radical (unpaired) electrons. The molecular weight excluding hydrogens is 398 g/mol. The molecule has 2 atom stereocenters. The lowest BCUT2D eigenvalue weighted by Gasteiger charge is -2.19. The van der Waals surface area contributed by atoms with Gasteiger partial charge in [0.15, 0.2) is 0 Å². The van der Waals surface area contributed by atoms with Gasteiger partial charge in [0.2, 0.25) is 5.91 Å². The highest BCUT2D eigenvalue weighted by Crippen LogP contribution is 2.09. The second-order valence-corrected chi connectivity index (χ2v) is 8.74. The third-order valence-electron chi connectivity index (χ3n) is 5.60. The van der Waals surface area contributed by atoms with Crippen LogP contribution in [0.3, 0.4) is 0 Å². The van der Waals surface area contributed by atoms with Gasteiger partial charge in [-0.15, -0.1) is 0 Å². The number of nitrogens with one attached hydrogen (secondary N) is 1. The van der Waals surface area contributed by atoms with Gasteiger partial charge in [0.25, 0.3) is 0 Å². The van der Waals surface area contributed by atoms with Gasteiger partial charge in [0.1, 0.15) is 0 Å². The first-order valence-electron chi connectivity index (χ1n) is 13.2. The van der Waals surface area contributed by atoms with E-state index in [1.165, 1.54) is 51.4 Å². The Balaban J connectivity index is 3.79. The highest BCUT2D eigenvalue weighted by molar-refractivity contribution is 5.76. The molecule has 0 aliphatic carbocycles. The third-order valence-corrected chi connectivity index (χ3v) is 5.60. The van der Waals surface area contributed by atoms with E-state index in [4.69, 9.17) is 0 Å². The van der Waals surface area contributed by atoms with Crippen LogP contribution in [0, 0.1) is 0 Å². The number of unbranched alkanes of at least 4 members (excludes halogenated alkanes) is 11. The number of aliphatic hydroxyl groups excluding tert-OH is 2. The monoisotopic (exact) mass is 449 g/mol. The summed E-state index contributed by atoms with van der Waals surface area (Å²) < 4.78 is 0. The Hall–Kier alpha value is -1.39. The highest BCUT2D eigenvalue weighted by Gasteiger charge is 2.17. The number of amides is 1. The molecule has 0 aromatic heterocycles. The Morgan fingerprint density at radius 3 is 1.91 bits per heavy atom. The molecule has 0 spiro atoms. The van der Waals surface area contributed by atoms with Gasteiger partial charge in [-0.1, -0.05) is 95.2 Å². The minimum Gasteiger partial charge on any atom is -0.394 e. The number of rotatable bonds is 22. The molecule has 0 aromatic rings. The first kappa shape index (κ1) is 30.6. The summed E-state index contributed by atoms with van der Waals surface area (Å²) in [5.41, 5.74) is 0. The summed E-state index contributed by atoms with van der Waals surface area (Å²) in [5, 5.41) is 22.5. The molecule has 0 heterocycles. The maximum Gasteiger partial charge on any atom is 0.220 e. The van der Waals surface area contributed by atoms with Crippen LogP contribution >= 0.6 is 0 Å². The predicted octanol–water partition coefficient (Wildman–Crippen LogP) is 6.77. The van der Waals surface area contributed by atoms with Crippen LogP contribution in [0.5, 0.6) is 0 Å². The van der Waals surface area contributed by atoms with Crippen LogP contribution in [0.1, 0.15) is 117 Å². The molecule has 4 nitrogen and oxygen atoms in total. The van der Waals surface area contributed by atoms with E-state index < -0.39 is 12.1 Å².